The molecule has 0 radical (unpaired) electrons. The van der Waals surface area contributed by atoms with Crippen molar-refractivity contribution in [1.29, 1.82) is 0 Å². The first kappa shape index (κ1) is 32.1. The molecule has 0 spiro atoms. The SMILES string of the molecule is Nc1cc(C(=C(c2cccc(N3CN(c4ccccc4)c4ccccc43)c2)c2ccc3c4ccccc4n(-c4ccccn4)c3c2)c2csc(N)c2)cs1. The Hall–Kier alpha value is -6.61. The number of pyridine rings is 1. The van der Waals surface area contributed by atoms with Gasteiger partial charge in [0.2, 0.25) is 0 Å². The molecule has 0 amide bonds. The maximum Gasteiger partial charge on any atom is 0.137 e. The van der Waals surface area contributed by atoms with Crippen LogP contribution in [0.5, 0.6) is 0 Å². The Bertz CT molecular complexity index is 2810. The molecule has 260 valence electrons. The van der Waals surface area contributed by atoms with Crippen LogP contribution in [-0.4, -0.2) is 16.2 Å². The molecule has 0 fully saturated rings. The first-order chi connectivity index (χ1) is 26.6. The summed E-state index contributed by atoms with van der Waals surface area (Å²) < 4.78 is 2.27. The van der Waals surface area contributed by atoms with E-state index in [0.717, 1.165) is 71.6 Å². The number of nitrogens with two attached hydrogens (primary N) is 2. The molecule has 5 aromatic carbocycles. The van der Waals surface area contributed by atoms with E-state index in [1.807, 2.05) is 18.3 Å². The van der Waals surface area contributed by atoms with Gasteiger partial charge in [0.1, 0.15) is 12.5 Å². The highest BCUT2D eigenvalue weighted by Crippen LogP contribution is 2.46. The second-order valence-electron chi connectivity index (χ2n) is 13.4. The van der Waals surface area contributed by atoms with Crippen LogP contribution in [0.2, 0.25) is 0 Å². The summed E-state index contributed by atoms with van der Waals surface area (Å²) in [5, 5.41) is 8.19. The van der Waals surface area contributed by atoms with Crippen LogP contribution in [0.3, 0.4) is 0 Å². The van der Waals surface area contributed by atoms with Crippen molar-refractivity contribution in [2.24, 2.45) is 0 Å². The quantitative estimate of drug-likeness (QED) is 0.170. The highest BCUT2D eigenvalue weighted by Gasteiger charge is 2.28. The Morgan fingerprint density at radius 3 is 1.81 bits per heavy atom. The number of para-hydroxylation sites is 4. The summed E-state index contributed by atoms with van der Waals surface area (Å²) >= 11 is 3.10. The molecule has 1 aliphatic heterocycles. The van der Waals surface area contributed by atoms with E-state index in [1.54, 1.807) is 22.7 Å². The first-order valence-electron chi connectivity index (χ1n) is 17.8. The van der Waals surface area contributed by atoms with Crippen molar-refractivity contribution in [3.05, 3.63) is 191 Å². The van der Waals surface area contributed by atoms with Crippen molar-refractivity contribution in [2.75, 3.05) is 27.9 Å². The van der Waals surface area contributed by atoms with E-state index in [2.05, 4.69) is 165 Å². The molecule has 4 aromatic heterocycles. The van der Waals surface area contributed by atoms with E-state index < -0.39 is 0 Å². The molecule has 6 nitrogen and oxygen atoms in total. The largest absolute Gasteiger partial charge is 0.391 e. The lowest BCUT2D eigenvalue weighted by Gasteiger charge is -2.23. The number of hydrogen-bond donors (Lipinski definition) is 2. The van der Waals surface area contributed by atoms with E-state index in [-0.39, 0.29) is 0 Å². The summed E-state index contributed by atoms with van der Waals surface area (Å²) in [6.45, 7) is 0.691. The highest BCUT2D eigenvalue weighted by atomic mass is 32.1. The summed E-state index contributed by atoms with van der Waals surface area (Å²) in [6.07, 6.45) is 1.85. The molecule has 0 atom stereocenters. The number of hydrogen-bond acceptors (Lipinski definition) is 7. The maximum absolute atomic E-state index is 6.44. The number of benzene rings is 5. The van der Waals surface area contributed by atoms with Crippen LogP contribution >= 0.6 is 22.7 Å². The minimum atomic E-state index is 0.691. The number of anilines is 6. The van der Waals surface area contributed by atoms with Gasteiger partial charge >= 0.3 is 0 Å². The van der Waals surface area contributed by atoms with E-state index in [0.29, 0.717) is 6.67 Å². The third-order valence-electron chi connectivity index (χ3n) is 10.2. The molecule has 8 heteroatoms. The Kier molecular flexibility index (Phi) is 7.79. The molecule has 4 N–H and O–H groups in total. The molecular formula is C46H34N6S2. The van der Waals surface area contributed by atoms with Gasteiger partial charge in [-0.05, 0) is 106 Å². The minimum absolute atomic E-state index is 0.691. The molecule has 0 bridgehead atoms. The molecule has 0 unspecified atom stereocenters. The fourth-order valence-corrected chi connectivity index (χ4v) is 9.12. The zero-order valence-electron chi connectivity index (χ0n) is 29.1. The average molecular weight is 735 g/mol. The fourth-order valence-electron chi connectivity index (χ4n) is 7.83. The number of thiophene rings is 2. The highest BCUT2D eigenvalue weighted by molar-refractivity contribution is 7.14. The van der Waals surface area contributed by atoms with Crippen LogP contribution in [0.1, 0.15) is 22.3 Å². The van der Waals surface area contributed by atoms with E-state index >= 15 is 0 Å². The van der Waals surface area contributed by atoms with Gasteiger partial charge in [-0.2, -0.15) is 0 Å². The van der Waals surface area contributed by atoms with E-state index in [4.69, 9.17) is 16.5 Å². The van der Waals surface area contributed by atoms with Gasteiger partial charge < -0.3 is 21.3 Å². The predicted molar refractivity (Wildman–Crippen MR) is 230 cm³/mol. The Morgan fingerprint density at radius 1 is 0.500 bits per heavy atom. The van der Waals surface area contributed by atoms with Gasteiger partial charge in [-0.15, -0.1) is 22.7 Å². The minimum Gasteiger partial charge on any atom is -0.391 e. The molecule has 0 saturated carbocycles. The van der Waals surface area contributed by atoms with Gasteiger partial charge in [-0.1, -0.05) is 78.9 Å². The fraction of sp³-hybridized carbons (Fsp3) is 0.0217. The van der Waals surface area contributed by atoms with Crippen LogP contribution < -0.4 is 21.3 Å². The number of nitrogen functional groups attached to an aromatic ring is 2. The van der Waals surface area contributed by atoms with Gasteiger partial charge in [-0.3, -0.25) is 4.57 Å². The predicted octanol–water partition coefficient (Wildman–Crippen LogP) is 11.7. The summed E-state index contributed by atoms with van der Waals surface area (Å²) in [4.78, 5) is 9.58. The molecule has 5 heterocycles. The number of rotatable bonds is 7. The zero-order valence-corrected chi connectivity index (χ0v) is 30.8. The smallest absolute Gasteiger partial charge is 0.137 e. The van der Waals surface area contributed by atoms with Crippen LogP contribution in [-0.2, 0) is 0 Å². The lowest BCUT2D eigenvalue weighted by atomic mass is 9.87. The Balaban J connectivity index is 1.22. The number of nitrogens with zero attached hydrogens (tertiary/aromatic N) is 4. The van der Waals surface area contributed by atoms with Crippen molar-refractivity contribution >= 4 is 88.4 Å². The summed E-state index contributed by atoms with van der Waals surface area (Å²) in [5.74, 6) is 0.875. The number of aromatic nitrogens is 2. The maximum atomic E-state index is 6.44. The van der Waals surface area contributed by atoms with Crippen LogP contribution in [0, 0.1) is 0 Å². The second-order valence-corrected chi connectivity index (χ2v) is 15.3. The lowest BCUT2D eigenvalue weighted by Crippen LogP contribution is -2.23. The van der Waals surface area contributed by atoms with Crippen molar-refractivity contribution in [3.8, 4) is 5.82 Å². The molecule has 54 heavy (non-hydrogen) atoms. The average Bonchev–Trinajstić information content (AvgIpc) is 4.02. The van der Waals surface area contributed by atoms with E-state index in [9.17, 15) is 0 Å². The Morgan fingerprint density at radius 2 is 1.11 bits per heavy atom. The summed E-state index contributed by atoms with van der Waals surface area (Å²) in [7, 11) is 0. The molecular weight excluding hydrogens is 701 g/mol. The zero-order chi connectivity index (χ0) is 36.2. The van der Waals surface area contributed by atoms with E-state index in [1.165, 1.54) is 22.1 Å². The molecule has 9 aromatic rings. The van der Waals surface area contributed by atoms with Gasteiger partial charge in [0.15, 0.2) is 0 Å². The van der Waals surface area contributed by atoms with Crippen LogP contribution in [0.15, 0.2) is 169 Å². The molecule has 10 rings (SSSR count). The van der Waals surface area contributed by atoms with Crippen molar-refractivity contribution in [3.63, 3.8) is 0 Å². The molecule has 0 aliphatic carbocycles. The summed E-state index contributed by atoms with van der Waals surface area (Å²) in [6, 6.07) is 53.8. The molecule has 1 aliphatic rings. The molecule has 0 saturated heterocycles. The second kappa shape index (κ2) is 13.1. The third-order valence-corrected chi connectivity index (χ3v) is 11.7. The van der Waals surface area contributed by atoms with Gasteiger partial charge in [0.25, 0.3) is 0 Å². The lowest BCUT2D eigenvalue weighted by molar-refractivity contribution is 0.991. The van der Waals surface area contributed by atoms with Crippen molar-refractivity contribution in [2.45, 2.75) is 0 Å². The summed E-state index contributed by atoms with van der Waals surface area (Å²) in [5.41, 5.74) is 26.2. The first-order valence-corrected chi connectivity index (χ1v) is 19.5. The topological polar surface area (TPSA) is 76.3 Å². The van der Waals surface area contributed by atoms with Crippen LogP contribution in [0.4, 0.5) is 32.8 Å². The van der Waals surface area contributed by atoms with Gasteiger partial charge in [0.05, 0.1) is 32.4 Å². The Labute approximate surface area is 321 Å². The third kappa shape index (κ3) is 5.43. The standard InChI is InChI=1S/C46H34N6S2/c47-42-25-32(27-53-42)46(33-26-43(48)54-28-33)45(31-20-21-37-36-15-4-5-16-38(36)52(41(37)24-31)44-19-8-9-22-49-44)30-11-10-14-35(23-30)51-29-50(34-12-2-1-3-13-34)39-17-6-7-18-40(39)51/h1-28H,29,47-48H2. The van der Waals surface area contributed by atoms with Crippen LogP contribution in [0.25, 0.3) is 38.8 Å². The van der Waals surface area contributed by atoms with Gasteiger partial charge in [0, 0.05) is 39.1 Å². The van der Waals surface area contributed by atoms with Crippen molar-refractivity contribution in [1.82, 2.24) is 9.55 Å². The van der Waals surface area contributed by atoms with Crippen molar-refractivity contribution < 1.29 is 0 Å². The normalized spacial score (nSPS) is 12.4. The monoisotopic (exact) mass is 734 g/mol. The number of fused-ring (bicyclic) bond motifs is 4. The van der Waals surface area contributed by atoms with Gasteiger partial charge in [-0.25, -0.2) is 4.98 Å².